The first-order valence-electron chi connectivity index (χ1n) is 7.46. The summed E-state index contributed by atoms with van der Waals surface area (Å²) >= 11 is 5.98. The third kappa shape index (κ3) is 2.30. The summed E-state index contributed by atoms with van der Waals surface area (Å²) < 4.78 is 0. The zero-order chi connectivity index (χ0) is 16.7. The molecule has 1 heterocycles. The number of para-hydroxylation sites is 1. The Labute approximate surface area is 143 Å². The van der Waals surface area contributed by atoms with Crippen molar-refractivity contribution in [3.63, 3.8) is 0 Å². The predicted octanol–water partition coefficient (Wildman–Crippen LogP) is 5.41. The molecule has 4 rings (SSSR count). The van der Waals surface area contributed by atoms with Gasteiger partial charge in [0.15, 0.2) is 0 Å². The number of rotatable bonds is 2. The topological polar surface area (TPSA) is 50.2 Å². The van der Waals surface area contributed by atoms with Gasteiger partial charge in [0.05, 0.1) is 16.8 Å². The highest BCUT2D eigenvalue weighted by Crippen LogP contribution is 2.33. The first-order chi connectivity index (χ1) is 11.6. The van der Waals surface area contributed by atoms with Crippen LogP contribution in [0.25, 0.3) is 32.9 Å². The molecule has 0 amide bonds. The summed E-state index contributed by atoms with van der Waals surface area (Å²) in [7, 11) is 0. The average Bonchev–Trinajstić information content (AvgIpc) is 2.61. The molecule has 0 unspecified atom stereocenters. The summed E-state index contributed by atoms with van der Waals surface area (Å²) in [6.45, 7) is 0. The minimum atomic E-state index is -0.981. The molecule has 0 saturated carbocycles. The number of nitrogens with zero attached hydrogens (tertiary/aromatic N) is 1. The molecule has 24 heavy (non-hydrogen) atoms. The molecule has 1 N–H and O–H groups in total. The van der Waals surface area contributed by atoms with Crippen molar-refractivity contribution >= 4 is 39.2 Å². The minimum absolute atomic E-state index is 0.202. The Balaban J connectivity index is 2.17. The first kappa shape index (κ1) is 14.7. The maximum atomic E-state index is 11.6. The molecule has 116 valence electrons. The van der Waals surface area contributed by atoms with Crippen LogP contribution in [-0.4, -0.2) is 16.1 Å². The smallest absolute Gasteiger partial charge is 0.337 e. The second-order valence-corrected chi connectivity index (χ2v) is 5.96. The molecule has 0 aliphatic heterocycles. The summed E-state index contributed by atoms with van der Waals surface area (Å²) in [5, 5.41) is 12.9. The standard InChI is InChI=1S/C20H12ClNO2/c21-13-10-8-12(9-11-13)18-15-5-2-1-4-14(15)16-6-3-7-17(20(23)24)19(16)22-18/h1-11H,(H,23,24). The van der Waals surface area contributed by atoms with Crippen LogP contribution in [-0.2, 0) is 0 Å². The monoisotopic (exact) mass is 333 g/mol. The number of hydrogen-bond acceptors (Lipinski definition) is 2. The van der Waals surface area contributed by atoms with E-state index in [0.717, 1.165) is 27.4 Å². The molecular weight excluding hydrogens is 322 g/mol. The van der Waals surface area contributed by atoms with Gasteiger partial charge in [-0.25, -0.2) is 9.78 Å². The number of fused-ring (bicyclic) bond motifs is 3. The van der Waals surface area contributed by atoms with E-state index in [1.165, 1.54) is 0 Å². The van der Waals surface area contributed by atoms with Gasteiger partial charge in [-0.2, -0.15) is 0 Å². The summed E-state index contributed by atoms with van der Waals surface area (Å²) in [5.74, 6) is -0.981. The van der Waals surface area contributed by atoms with Gasteiger partial charge in [-0.15, -0.1) is 0 Å². The first-order valence-corrected chi connectivity index (χ1v) is 7.83. The highest BCUT2D eigenvalue weighted by atomic mass is 35.5. The molecule has 0 fully saturated rings. The van der Waals surface area contributed by atoms with Gasteiger partial charge in [0.1, 0.15) is 0 Å². The molecule has 0 saturated heterocycles. The average molecular weight is 334 g/mol. The Hall–Kier alpha value is -2.91. The van der Waals surface area contributed by atoms with Crippen molar-refractivity contribution in [3.8, 4) is 11.3 Å². The quantitative estimate of drug-likeness (QED) is 0.499. The van der Waals surface area contributed by atoms with Crippen LogP contribution >= 0.6 is 11.6 Å². The fourth-order valence-electron chi connectivity index (χ4n) is 2.98. The van der Waals surface area contributed by atoms with E-state index >= 15 is 0 Å². The number of carbonyl (C=O) groups is 1. The summed E-state index contributed by atoms with van der Waals surface area (Å²) in [4.78, 5) is 16.3. The van der Waals surface area contributed by atoms with E-state index < -0.39 is 5.97 Å². The van der Waals surface area contributed by atoms with Crippen molar-refractivity contribution in [2.24, 2.45) is 0 Å². The number of aromatic nitrogens is 1. The molecule has 3 aromatic carbocycles. The van der Waals surface area contributed by atoms with Gasteiger partial charge < -0.3 is 5.11 Å². The Morgan fingerprint density at radius 1 is 0.833 bits per heavy atom. The van der Waals surface area contributed by atoms with Gasteiger partial charge in [0.25, 0.3) is 0 Å². The molecule has 0 aliphatic carbocycles. The van der Waals surface area contributed by atoms with E-state index in [4.69, 9.17) is 16.6 Å². The number of benzene rings is 3. The highest BCUT2D eigenvalue weighted by molar-refractivity contribution is 6.30. The van der Waals surface area contributed by atoms with Crippen LogP contribution in [0.2, 0.25) is 5.02 Å². The molecule has 0 atom stereocenters. The van der Waals surface area contributed by atoms with Crippen molar-refractivity contribution in [1.29, 1.82) is 0 Å². The summed E-state index contributed by atoms with van der Waals surface area (Å²) in [5.41, 5.74) is 2.35. The van der Waals surface area contributed by atoms with Crippen LogP contribution in [0.4, 0.5) is 0 Å². The Bertz CT molecular complexity index is 1090. The van der Waals surface area contributed by atoms with Crippen LogP contribution in [0.5, 0.6) is 0 Å². The fourth-order valence-corrected chi connectivity index (χ4v) is 3.10. The summed E-state index contributed by atoms with van der Waals surface area (Å²) in [6.07, 6.45) is 0. The molecule has 0 bridgehead atoms. The number of halogens is 1. The van der Waals surface area contributed by atoms with E-state index in [1.54, 1.807) is 24.3 Å². The number of aromatic carboxylic acids is 1. The molecule has 4 heteroatoms. The normalized spacial score (nSPS) is 11.0. The van der Waals surface area contributed by atoms with Gasteiger partial charge in [-0.05, 0) is 23.6 Å². The molecule has 0 radical (unpaired) electrons. The molecular formula is C20H12ClNO2. The number of hydrogen-bond donors (Lipinski definition) is 1. The highest BCUT2D eigenvalue weighted by Gasteiger charge is 2.15. The lowest BCUT2D eigenvalue weighted by Crippen LogP contribution is -2.00. The van der Waals surface area contributed by atoms with Crippen molar-refractivity contribution in [2.45, 2.75) is 0 Å². The number of carboxylic acids is 1. The zero-order valence-electron chi connectivity index (χ0n) is 12.5. The molecule has 1 aromatic heterocycles. The Morgan fingerprint density at radius 3 is 2.21 bits per heavy atom. The van der Waals surface area contributed by atoms with Crippen molar-refractivity contribution < 1.29 is 9.90 Å². The van der Waals surface area contributed by atoms with Gasteiger partial charge in [-0.1, -0.05) is 60.1 Å². The predicted molar refractivity (Wildman–Crippen MR) is 96.7 cm³/mol. The number of pyridine rings is 1. The maximum absolute atomic E-state index is 11.6. The molecule has 4 aromatic rings. The van der Waals surface area contributed by atoms with E-state index in [2.05, 4.69) is 0 Å². The van der Waals surface area contributed by atoms with Crippen molar-refractivity contribution in [3.05, 3.63) is 77.3 Å². The van der Waals surface area contributed by atoms with Gasteiger partial charge >= 0.3 is 5.97 Å². The third-order valence-electron chi connectivity index (χ3n) is 4.08. The minimum Gasteiger partial charge on any atom is -0.478 e. The van der Waals surface area contributed by atoms with Crippen molar-refractivity contribution in [1.82, 2.24) is 4.98 Å². The lowest BCUT2D eigenvalue weighted by atomic mass is 9.98. The molecule has 0 aliphatic rings. The largest absolute Gasteiger partial charge is 0.478 e. The van der Waals surface area contributed by atoms with Crippen LogP contribution in [0.15, 0.2) is 66.7 Å². The maximum Gasteiger partial charge on any atom is 0.337 e. The van der Waals surface area contributed by atoms with Crippen LogP contribution in [0, 0.1) is 0 Å². The van der Waals surface area contributed by atoms with E-state index in [9.17, 15) is 9.90 Å². The molecule has 0 spiro atoms. The van der Waals surface area contributed by atoms with E-state index in [0.29, 0.717) is 10.5 Å². The van der Waals surface area contributed by atoms with Crippen LogP contribution < -0.4 is 0 Å². The van der Waals surface area contributed by atoms with E-state index in [1.807, 2.05) is 42.5 Å². The SMILES string of the molecule is O=C(O)c1cccc2c1nc(-c1ccc(Cl)cc1)c1ccccc12. The van der Waals surface area contributed by atoms with Gasteiger partial charge in [0.2, 0.25) is 0 Å². The lowest BCUT2D eigenvalue weighted by Gasteiger charge is -2.11. The lowest BCUT2D eigenvalue weighted by molar-refractivity contribution is 0.0699. The number of carboxylic acid groups (broad SMARTS) is 1. The second-order valence-electron chi connectivity index (χ2n) is 5.52. The van der Waals surface area contributed by atoms with E-state index in [-0.39, 0.29) is 5.56 Å². The fraction of sp³-hybridized carbons (Fsp3) is 0. The van der Waals surface area contributed by atoms with Crippen LogP contribution in [0.1, 0.15) is 10.4 Å². The summed E-state index contributed by atoms with van der Waals surface area (Å²) in [6, 6.07) is 20.5. The molecule has 3 nitrogen and oxygen atoms in total. The van der Waals surface area contributed by atoms with Gasteiger partial charge in [0, 0.05) is 21.4 Å². The Morgan fingerprint density at radius 2 is 1.50 bits per heavy atom. The second kappa shape index (κ2) is 5.62. The Kier molecular flexibility index (Phi) is 3.44. The third-order valence-corrected chi connectivity index (χ3v) is 4.33. The van der Waals surface area contributed by atoms with Crippen molar-refractivity contribution in [2.75, 3.05) is 0 Å². The zero-order valence-corrected chi connectivity index (χ0v) is 13.3. The van der Waals surface area contributed by atoms with Gasteiger partial charge in [-0.3, -0.25) is 0 Å². The van der Waals surface area contributed by atoms with Crippen LogP contribution in [0.3, 0.4) is 0 Å².